The molecular weight excluding hydrogens is 272 g/mol. The van der Waals surface area contributed by atoms with Crippen LogP contribution in [-0.4, -0.2) is 11.1 Å². The maximum atomic E-state index is 11.4. The van der Waals surface area contributed by atoms with Crippen molar-refractivity contribution in [2.75, 3.05) is 0 Å². The summed E-state index contributed by atoms with van der Waals surface area (Å²) in [6, 6.07) is 5.58. The van der Waals surface area contributed by atoms with Crippen molar-refractivity contribution < 1.29 is 9.90 Å². The Bertz CT molecular complexity index is 638. The van der Waals surface area contributed by atoms with Gasteiger partial charge in [0.2, 0.25) is 0 Å². The maximum Gasteiger partial charge on any atom is 0.335 e. The summed E-state index contributed by atoms with van der Waals surface area (Å²) < 4.78 is 0. The highest BCUT2D eigenvalue weighted by Crippen LogP contribution is 2.27. The quantitative estimate of drug-likeness (QED) is 0.734. The van der Waals surface area contributed by atoms with E-state index in [1.54, 1.807) is 12.1 Å². The predicted octanol–water partition coefficient (Wildman–Crippen LogP) is 5.61. The Morgan fingerprint density at radius 2 is 1.68 bits per heavy atom. The Morgan fingerprint density at radius 1 is 1.09 bits per heavy atom. The molecule has 0 saturated carbocycles. The van der Waals surface area contributed by atoms with Crippen LogP contribution in [0.5, 0.6) is 0 Å². The molecule has 0 heterocycles. The van der Waals surface area contributed by atoms with Crippen LogP contribution in [0, 0.1) is 0 Å². The number of aromatic carboxylic acids is 1. The average Bonchev–Trinajstić information content (AvgIpc) is 2.45. The van der Waals surface area contributed by atoms with Crippen molar-refractivity contribution in [3.8, 4) is 0 Å². The highest BCUT2D eigenvalue weighted by Gasteiger charge is 2.17. The van der Waals surface area contributed by atoms with E-state index < -0.39 is 5.97 Å². The van der Waals surface area contributed by atoms with E-state index in [2.05, 4.69) is 26.8 Å². The molecule has 1 N–H and O–H groups in total. The van der Waals surface area contributed by atoms with Gasteiger partial charge in [-0.2, -0.15) is 0 Å². The number of hydrogen-bond acceptors (Lipinski definition) is 1. The topological polar surface area (TPSA) is 37.3 Å². The molecule has 1 aromatic carbocycles. The summed E-state index contributed by atoms with van der Waals surface area (Å²) in [5.41, 5.74) is 4.48. The monoisotopic (exact) mass is 298 g/mol. The lowest BCUT2D eigenvalue weighted by Gasteiger charge is -2.21. The van der Waals surface area contributed by atoms with E-state index in [-0.39, 0.29) is 5.41 Å². The molecule has 1 aromatic rings. The SMILES string of the molecule is C/C=C(C)/C=C/C=C(\C)c1cc(C(=O)O)cc(C(C)(C)C)c1. The van der Waals surface area contributed by atoms with Crippen molar-refractivity contribution in [2.45, 2.75) is 47.0 Å². The minimum atomic E-state index is -0.888. The molecule has 0 bridgehead atoms. The third kappa shape index (κ3) is 5.03. The van der Waals surface area contributed by atoms with Crippen molar-refractivity contribution in [1.29, 1.82) is 0 Å². The zero-order valence-electron chi connectivity index (χ0n) is 14.4. The molecule has 22 heavy (non-hydrogen) atoms. The molecule has 0 aliphatic carbocycles. The molecule has 0 radical (unpaired) electrons. The van der Waals surface area contributed by atoms with E-state index in [4.69, 9.17) is 0 Å². The first kappa shape index (κ1) is 18.0. The highest BCUT2D eigenvalue weighted by molar-refractivity contribution is 5.89. The third-order valence-corrected chi connectivity index (χ3v) is 3.66. The number of carbonyl (C=O) groups is 1. The standard InChI is InChI=1S/C20H26O2/c1-7-14(2)9-8-10-15(3)16-11-17(19(21)22)13-18(12-16)20(4,5)6/h7-13H,1-6H3,(H,21,22)/b9-8+,14-7+,15-10+. The predicted molar refractivity (Wildman–Crippen MR) is 94.3 cm³/mol. The molecule has 2 heteroatoms. The Morgan fingerprint density at radius 3 is 2.18 bits per heavy atom. The lowest BCUT2D eigenvalue weighted by Crippen LogP contribution is -2.13. The summed E-state index contributed by atoms with van der Waals surface area (Å²) in [4.78, 5) is 11.4. The fourth-order valence-corrected chi connectivity index (χ4v) is 1.95. The van der Waals surface area contributed by atoms with Crippen LogP contribution in [0.15, 0.2) is 48.1 Å². The van der Waals surface area contributed by atoms with Crippen LogP contribution in [-0.2, 0) is 5.41 Å². The van der Waals surface area contributed by atoms with Crippen molar-refractivity contribution in [2.24, 2.45) is 0 Å². The van der Waals surface area contributed by atoms with Gasteiger partial charge in [0.25, 0.3) is 0 Å². The molecule has 0 amide bonds. The number of allylic oxidation sites excluding steroid dienone is 6. The van der Waals surface area contributed by atoms with Crippen LogP contribution in [0.25, 0.3) is 5.57 Å². The minimum Gasteiger partial charge on any atom is -0.478 e. The van der Waals surface area contributed by atoms with Gasteiger partial charge in [0, 0.05) is 0 Å². The smallest absolute Gasteiger partial charge is 0.335 e. The minimum absolute atomic E-state index is 0.0855. The van der Waals surface area contributed by atoms with Gasteiger partial charge in [0.05, 0.1) is 5.56 Å². The normalized spacial score (nSPS) is 13.7. The van der Waals surface area contributed by atoms with Gasteiger partial charge in [0.15, 0.2) is 0 Å². The molecule has 1 rings (SSSR count). The Kier molecular flexibility index (Phi) is 5.92. The van der Waals surface area contributed by atoms with E-state index in [9.17, 15) is 9.90 Å². The molecule has 0 saturated heterocycles. The number of benzene rings is 1. The summed E-state index contributed by atoms with van der Waals surface area (Å²) in [5.74, 6) is -0.888. The van der Waals surface area contributed by atoms with Gasteiger partial charge < -0.3 is 5.11 Å². The van der Waals surface area contributed by atoms with Crippen LogP contribution < -0.4 is 0 Å². The number of rotatable bonds is 4. The van der Waals surface area contributed by atoms with Crippen LogP contribution >= 0.6 is 0 Å². The van der Waals surface area contributed by atoms with Gasteiger partial charge >= 0.3 is 5.97 Å². The van der Waals surface area contributed by atoms with E-state index >= 15 is 0 Å². The van der Waals surface area contributed by atoms with E-state index in [1.807, 2.05) is 45.1 Å². The van der Waals surface area contributed by atoms with Crippen molar-refractivity contribution >= 4 is 11.5 Å². The van der Waals surface area contributed by atoms with Gasteiger partial charge in [-0.1, -0.05) is 56.7 Å². The van der Waals surface area contributed by atoms with E-state index in [0.29, 0.717) is 5.56 Å². The fourth-order valence-electron chi connectivity index (χ4n) is 1.95. The van der Waals surface area contributed by atoms with Crippen molar-refractivity contribution in [3.05, 3.63) is 64.8 Å². The molecular formula is C20H26O2. The van der Waals surface area contributed by atoms with Crippen LogP contribution in [0.1, 0.15) is 63.0 Å². The first-order valence-electron chi connectivity index (χ1n) is 7.52. The van der Waals surface area contributed by atoms with Gasteiger partial charge in [-0.3, -0.25) is 0 Å². The Balaban J connectivity index is 3.28. The number of carboxylic acids is 1. The Labute approximate surface area is 133 Å². The molecule has 0 fully saturated rings. The summed E-state index contributed by atoms with van der Waals surface area (Å²) in [6.07, 6.45) is 8.09. The molecule has 118 valence electrons. The van der Waals surface area contributed by atoms with Crippen LogP contribution in [0.4, 0.5) is 0 Å². The second-order valence-electron chi connectivity index (χ2n) is 6.60. The second-order valence-corrected chi connectivity index (χ2v) is 6.60. The molecule has 0 aliphatic rings. The number of carboxylic acid groups (broad SMARTS) is 1. The molecule has 0 aromatic heterocycles. The first-order chi connectivity index (χ1) is 10.1. The van der Waals surface area contributed by atoms with Gasteiger partial charge in [-0.15, -0.1) is 0 Å². The van der Waals surface area contributed by atoms with Gasteiger partial charge in [-0.05, 0) is 55.0 Å². The zero-order valence-corrected chi connectivity index (χ0v) is 14.4. The Hall–Kier alpha value is -2.09. The molecule has 0 aliphatic heterocycles. The van der Waals surface area contributed by atoms with Crippen molar-refractivity contribution in [1.82, 2.24) is 0 Å². The van der Waals surface area contributed by atoms with Gasteiger partial charge in [0.1, 0.15) is 0 Å². The fraction of sp³-hybridized carbons (Fsp3) is 0.350. The molecule has 0 spiro atoms. The van der Waals surface area contributed by atoms with E-state index in [1.165, 1.54) is 5.57 Å². The van der Waals surface area contributed by atoms with Crippen LogP contribution in [0.2, 0.25) is 0 Å². The second kappa shape index (κ2) is 7.26. The lowest BCUT2D eigenvalue weighted by molar-refractivity contribution is 0.0696. The van der Waals surface area contributed by atoms with E-state index in [0.717, 1.165) is 16.7 Å². The maximum absolute atomic E-state index is 11.4. The largest absolute Gasteiger partial charge is 0.478 e. The summed E-state index contributed by atoms with van der Waals surface area (Å²) in [7, 11) is 0. The molecule has 0 atom stereocenters. The van der Waals surface area contributed by atoms with Crippen molar-refractivity contribution in [3.63, 3.8) is 0 Å². The lowest BCUT2D eigenvalue weighted by atomic mass is 9.84. The average molecular weight is 298 g/mol. The third-order valence-electron chi connectivity index (χ3n) is 3.66. The summed E-state index contributed by atoms with van der Waals surface area (Å²) >= 11 is 0. The number of hydrogen-bond donors (Lipinski definition) is 1. The zero-order chi connectivity index (χ0) is 16.9. The molecule has 0 unspecified atom stereocenters. The highest BCUT2D eigenvalue weighted by atomic mass is 16.4. The first-order valence-corrected chi connectivity index (χ1v) is 7.52. The summed E-state index contributed by atoms with van der Waals surface area (Å²) in [5, 5.41) is 9.32. The summed E-state index contributed by atoms with van der Waals surface area (Å²) in [6.45, 7) is 12.3. The molecule has 2 nitrogen and oxygen atoms in total. The van der Waals surface area contributed by atoms with Gasteiger partial charge in [-0.25, -0.2) is 4.79 Å². The van der Waals surface area contributed by atoms with Crippen LogP contribution in [0.3, 0.4) is 0 Å².